The number of ether oxygens (including phenoxy) is 5. The first-order valence-corrected chi connectivity index (χ1v) is 10.4. The summed E-state index contributed by atoms with van der Waals surface area (Å²) in [5, 5.41) is 8.64. The summed E-state index contributed by atoms with van der Waals surface area (Å²) in [5.41, 5.74) is 4.91. The number of hydrogen-bond donors (Lipinski definition) is 1. The number of nitrogens with zero attached hydrogens (tertiary/aromatic N) is 1. The van der Waals surface area contributed by atoms with Crippen molar-refractivity contribution in [2.75, 3.05) is 34.9 Å². The minimum Gasteiger partial charge on any atom is -0.493 e. The smallest absolute Gasteiger partial charge is 0.191 e. The van der Waals surface area contributed by atoms with E-state index >= 15 is 0 Å². The highest BCUT2D eigenvalue weighted by molar-refractivity contribution is 5.92. The van der Waals surface area contributed by atoms with E-state index in [1.165, 1.54) is 0 Å². The van der Waals surface area contributed by atoms with Crippen LogP contribution in [-0.2, 0) is 9.47 Å². The van der Waals surface area contributed by atoms with Gasteiger partial charge < -0.3 is 23.7 Å². The van der Waals surface area contributed by atoms with Gasteiger partial charge in [-0.05, 0) is 59.2 Å². The molecule has 0 radical (unpaired) electrons. The summed E-state index contributed by atoms with van der Waals surface area (Å²) in [7, 11) is 4.82. The van der Waals surface area contributed by atoms with Gasteiger partial charge in [0.2, 0.25) is 0 Å². The molecule has 7 heteroatoms. The lowest BCUT2D eigenvalue weighted by molar-refractivity contribution is -0.0835. The fourth-order valence-electron chi connectivity index (χ4n) is 3.47. The SMILES string of the molecule is COCOCOc1cccc(-c2ccc3c(/C=C/c4ccc(OC)c(OC)c4)n[nH]c3c2)c1. The van der Waals surface area contributed by atoms with Crippen LogP contribution in [0, 0.1) is 0 Å². The zero-order valence-corrected chi connectivity index (χ0v) is 18.8. The van der Waals surface area contributed by atoms with E-state index < -0.39 is 0 Å². The number of hydrogen-bond acceptors (Lipinski definition) is 6. The van der Waals surface area contributed by atoms with Crippen LogP contribution in [0.3, 0.4) is 0 Å². The Hall–Kier alpha value is -3.81. The fourth-order valence-corrected chi connectivity index (χ4v) is 3.47. The van der Waals surface area contributed by atoms with Gasteiger partial charge in [-0.2, -0.15) is 5.10 Å². The average Bonchev–Trinajstić information content (AvgIpc) is 3.27. The van der Waals surface area contributed by atoms with Crippen molar-refractivity contribution in [2.45, 2.75) is 0 Å². The third-order valence-corrected chi connectivity index (χ3v) is 5.11. The summed E-state index contributed by atoms with van der Waals surface area (Å²) in [6, 6.07) is 19.9. The molecule has 1 aromatic heterocycles. The molecule has 0 unspecified atom stereocenters. The number of benzene rings is 3. The normalized spacial score (nSPS) is 11.2. The number of aromatic nitrogens is 2. The van der Waals surface area contributed by atoms with Gasteiger partial charge in [-0.25, -0.2) is 0 Å². The summed E-state index contributed by atoms with van der Waals surface area (Å²) >= 11 is 0. The third kappa shape index (κ3) is 5.34. The Morgan fingerprint density at radius 1 is 0.818 bits per heavy atom. The number of rotatable bonds is 10. The van der Waals surface area contributed by atoms with Gasteiger partial charge in [0.05, 0.1) is 25.4 Å². The molecule has 1 heterocycles. The maximum absolute atomic E-state index is 5.62. The Labute approximate surface area is 192 Å². The fraction of sp³-hybridized carbons (Fsp3) is 0.192. The predicted molar refractivity (Wildman–Crippen MR) is 128 cm³/mol. The van der Waals surface area contributed by atoms with E-state index in [1.807, 2.05) is 54.6 Å². The molecule has 4 rings (SSSR count). The molecular weight excluding hydrogens is 420 g/mol. The van der Waals surface area contributed by atoms with Gasteiger partial charge in [-0.1, -0.05) is 30.3 Å². The first kappa shape index (κ1) is 22.4. The van der Waals surface area contributed by atoms with Gasteiger partial charge in [0.15, 0.2) is 18.3 Å². The lowest BCUT2D eigenvalue weighted by Crippen LogP contribution is -2.04. The van der Waals surface area contributed by atoms with Crippen LogP contribution in [0.15, 0.2) is 60.7 Å². The highest BCUT2D eigenvalue weighted by Crippen LogP contribution is 2.30. The van der Waals surface area contributed by atoms with Crippen LogP contribution in [0.25, 0.3) is 34.2 Å². The molecule has 7 nitrogen and oxygen atoms in total. The maximum atomic E-state index is 5.62. The molecular formula is C26H26N2O5. The minimum atomic E-state index is 0.132. The van der Waals surface area contributed by atoms with Crippen molar-refractivity contribution in [2.24, 2.45) is 0 Å². The van der Waals surface area contributed by atoms with E-state index in [0.29, 0.717) is 11.5 Å². The number of fused-ring (bicyclic) bond motifs is 1. The number of aromatic amines is 1. The van der Waals surface area contributed by atoms with Crippen LogP contribution in [-0.4, -0.2) is 45.1 Å². The molecule has 33 heavy (non-hydrogen) atoms. The second-order valence-electron chi connectivity index (χ2n) is 7.22. The zero-order chi connectivity index (χ0) is 23.0. The lowest BCUT2D eigenvalue weighted by Gasteiger charge is -2.08. The Bertz CT molecular complexity index is 1250. The predicted octanol–water partition coefficient (Wildman–Crippen LogP) is 5.37. The molecule has 0 spiro atoms. The van der Waals surface area contributed by atoms with Gasteiger partial charge in [-0.3, -0.25) is 5.10 Å². The van der Waals surface area contributed by atoms with Crippen molar-refractivity contribution >= 4 is 23.1 Å². The topological polar surface area (TPSA) is 74.8 Å². The highest BCUT2D eigenvalue weighted by atomic mass is 16.7. The first-order chi connectivity index (χ1) is 16.2. The van der Waals surface area contributed by atoms with Crippen molar-refractivity contribution in [3.8, 4) is 28.4 Å². The monoisotopic (exact) mass is 446 g/mol. The van der Waals surface area contributed by atoms with Gasteiger partial charge in [0, 0.05) is 12.5 Å². The molecule has 0 aliphatic carbocycles. The molecule has 0 aliphatic heterocycles. The van der Waals surface area contributed by atoms with Crippen molar-refractivity contribution in [1.29, 1.82) is 0 Å². The number of H-pyrrole nitrogens is 1. The van der Waals surface area contributed by atoms with E-state index in [-0.39, 0.29) is 13.6 Å². The Balaban J connectivity index is 1.53. The Kier molecular flexibility index (Phi) is 7.24. The summed E-state index contributed by atoms with van der Waals surface area (Å²) in [6.45, 7) is 0.325. The van der Waals surface area contributed by atoms with Gasteiger partial charge in [0.25, 0.3) is 0 Å². The quantitative estimate of drug-likeness (QED) is 0.261. The third-order valence-electron chi connectivity index (χ3n) is 5.11. The summed E-state index contributed by atoms with van der Waals surface area (Å²) in [4.78, 5) is 0. The second kappa shape index (κ2) is 10.7. The average molecular weight is 447 g/mol. The molecule has 0 aliphatic rings. The summed E-state index contributed by atoms with van der Waals surface area (Å²) < 4.78 is 26.3. The van der Waals surface area contributed by atoms with E-state index in [2.05, 4.69) is 28.4 Å². The van der Waals surface area contributed by atoms with Crippen LogP contribution in [0.4, 0.5) is 0 Å². The molecule has 0 atom stereocenters. The van der Waals surface area contributed by atoms with E-state index in [9.17, 15) is 0 Å². The molecule has 0 saturated carbocycles. The molecule has 0 fully saturated rings. The van der Waals surface area contributed by atoms with Crippen LogP contribution >= 0.6 is 0 Å². The molecule has 170 valence electrons. The van der Waals surface area contributed by atoms with E-state index in [1.54, 1.807) is 21.3 Å². The maximum Gasteiger partial charge on any atom is 0.191 e. The summed E-state index contributed by atoms with van der Waals surface area (Å²) in [6.07, 6.45) is 3.98. The van der Waals surface area contributed by atoms with Crippen LogP contribution in [0.1, 0.15) is 11.3 Å². The van der Waals surface area contributed by atoms with Crippen LogP contribution in [0.2, 0.25) is 0 Å². The van der Waals surface area contributed by atoms with Crippen LogP contribution < -0.4 is 14.2 Å². The Morgan fingerprint density at radius 2 is 1.67 bits per heavy atom. The van der Waals surface area contributed by atoms with Crippen molar-refractivity contribution in [3.63, 3.8) is 0 Å². The van der Waals surface area contributed by atoms with E-state index in [4.69, 9.17) is 23.7 Å². The van der Waals surface area contributed by atoms with Crippen molar-refractivity contribution < 1.29 is 23.7 Å². The minimum absolute atomic E-state index is 0.132. The zero-order valence-electron chi connectivity index (χ0n) is 18.8. The van der Waals surface area contributed by atoms with Crippen molar-refractivity contribution in [1.82, 2.24) is 10.2 Å². The molecule has 4 aromatic rings. The van der Waals surface area contributed by atoms with E-state index in [0.717, 1.165) is 39.0 Å². The van der Waals surface area contributed by atoms with Gasteiger partial charge in [0.1, 0.15) is 12.5 Å². The standard InChI is InChI=1S/C26H26N2O5/c1-29-16-32-17-33-21-6-4-5-19(14-21)20-9-10-22-23(27-28-24(22)15-20)11-7-18-8-12-25(30-2)26(13-18)31-3/h4-15H,16-17H2,1-3H3,(H,27,28)/b11-7+. The van der Waals surface area contributed by atoms with Gasteiger partial charge in [-0.15, -0.1) is 0 Å². The molecule has 1 N–H and O–H groups in total. The number of nitrogens with one attached hydrogen (secondary N) is 1. The molecule has 0 saturated heterocycles. The highest BCUT2D eigenvalue weighted by Gasteiger charge is 2.07. The Morgan fingerprint density at radius 3 is 2.48 bits per heavy atom. The van der Waals surface area contributed by atoms with Crippen LogP contribution in [0.5, 0.6) is 17.2 Å². The molecule has 0 amide bonds. The molecule has 0 bridgehead atoms. The lowest BCUT2D eigenvalue weighted by atomic mass is 10.0. The first-order valence-electron chi connectivity index (χ1n) is 10.4. The number of methoxy groups -OCH3 is 3. The summed E-state index contributed by atoms with van der Waals surface area (Å²) in [5.74, 6) is 2.11. The molecule has 3 aromatic carbocycles. The van der Waals surface area contributed by atoms with Crippen molar-refractivity contribution in [3.05, 3.63) is 71.9 Å². The van der Waals surface area contributed by atoms with Gasteiger partial charge >= 0.3 is 0 Å². The second-order valence-corrected chi connectivity index (χ2v) is 7.22. The largest absolute Gasteiger partial charge is 0.493 e.